The topological polar surface area (TPSA) is 84.6 Å². The molecule has 1 unspecified atom stereocenters. The molecular weight excluding hydrogens is 276 g/mol. The van der Waals surface area contributed by atoms with Gasteiger partial charge in [0.15, 0.2) is 0 Å². The summed E-state index contributed by atoms with van der Waals surface area (Å²) in [6, 6.07) is 8.56. The fourth-order valence-corrected chi connectivity index (χ4v) is 2.43. The third-order valence-corrected chi connectivity index (χ3v) is 3.72. The molecule has 2 rings (SSSR count). The lowest BCUT2D eigenvalue weighted by Gasteiger charge is -2.12. The Balaban J connectivity index is 1.91. The van der Waals surface area contributed by atoms with Crippen molar-refractivity contribution in [1.82, 2.24) is 5.32 Å². The normalized spacial score (nSPS) is 11.9. The van der Waals surface area contributed by atoms with E-state index in [9.17, 15) is 9.90 Å². The highest BCUT2D eigenvalue weighted by Crippen LogP contribution is 2.21. The first-order valence-electron chi connectivity index (χ1n) is 6.04. The van der Waals surface area contributed by atoms with Gasteiger partial charge in [-0.25, -0.2) is 0 Å². The number of hydrogen-bond acceptors (Lipinski definition) is 5. The van der Waals surface area contributed by atoms with Gasteiger partial charge in [-0.2, -0.15) is 0 Å². The van der Waals surface area contributed by atoms with Crippen LogP contribution in [0, 0.1) is 0 Å². The SMILES string of the molecule is COc1csc(C(=O)NCC(O)c2ccc(N)cc2)c1. The summed E-state index contributed by atoms with van der Waals surface area (Å²) in [6.07, 6.45) is -0.763. The summed E-state index contributed by atoms with van der Waals surface area (Å²) in [6.45, 7) is 0.142. The van der Waals surface area contributed by atoms with Crippen LogP contribution < -0.4 is 15.8 Å². The number of nitrogen functional groups attached to an aromatic ring is 1. The predicted molar refractivity (Wildman–Crippen MR) is 79.0 cm³/mol. The quantitative estimate of drug-likeness (QED) is 0.734. The van der Waals surface area contributed by atoms with Crippen LogP contribution in [0.5, 0.6) is 5.75 Å². The second kappa shape index (κ2) is 6.40. The highest BCUT2D eigenvalue weighted by Gasteiger charge is 2.12. The Morgan fingerprint density at radius 2 is 2.15 bits per heavy atom. The molecule has 0 saturated carbocycles. The summed E-state index contributed by atoms with van der Waals surface area (Å²) < 4.78 is 5.02. The monoisotopic (exact) mass is 292 g/mol. The van der Waals surface area contributed by atoms with Crippen molar-refractivity contribution in [2.45, 2.75) is 6.10 Å². The Morgan fingerprint density at radius 1 is 1.45 bits per heavy atom. The Labute approximate surface area is 121 Å². The Bertz CT molecular complexity index is 580. The van der Waals surface area contributed by atoms with Crippen molar-refractivity contribution in [1.29, 1.82) is 0 Å². The molecule has 0 aliphatic heterocycles. The van der Waals surface area contributed by atoms with Crippen molar-refractivity contribution in [3.63, 3.8) is 0 Å². The summed E-state index contributed by atoms with van der Waals surface area (Å²) in [5.41, 5.74) is 6.92. The van der Waals surface area contributed by atoms with Crippen LogP contribution >= 0.6 is 11.3 Å². The van der Waals surface area contributed by atoms with Crippen LogP contribution in [-0.4, -0.2) is 24.7 Å². The summed E-state index contributed by atoms with van der Waals surface area (Å²) in [5.74, 6) is 0.423. The van der Waals surface area contributed by atoms with Gasteiger partial charge in [0.2, 0.25) is 0 Å². The summed E-state index contributed by atoms with van der Waals surface area (Å²) >= 11 is 1.30. The fourth-order valence-electron chi connectivity index (χ4n) is 1.66. The lowest BCUT2D eigenvalue weighted by Crippen LogP contribution is -2.27. The van der Waals surface area contributed by atoms with Crippen LogP contribution in [0.4, 0.5) is 5.69 Å². The average Bonchev–Trinajstić information content (AvgIpc) is 2.94. The largest absolute Gasteiger partial charge is 0.496 e. The van der Waals surface area contributed by atoms with E-state index in [-0.39, 0.29) is 12.5 Å². The van der Waals surface area contributed by atoms with E-state index in [0.29, 0.717) is 21.9 Å². The molecule has 2 aromatic rings. The van der Waals surface area contributed by atoms with Crippen molar-refractivity contribution in [2.75, 3.05) is 19.4 Å². The van der Waals surface area contributed by atoms with Crippen LogP contribution in [0.3, 0.4) is 0 Å². The molecule has 1 heterocycles. The highest BCUT2D eigenvalue weighted by atomic mass is 32.1. The van der Waals surface area contributed by atoms with Crippen molar-refractivity contribution < 1.29 is 14.6 Å². The Hall–Kier alpha value is -2.05. The lowest BCUT2D eigenvalue weighted by atomic mass is 10.1. The van der Waals surface area contributed by atoms with Crippen LogP contribution in [-0.2, 0) is 0 Å². The number of amides is 1. The van der Waals surface area contributed by atoms with Crippen molar-refractivity contribution >= 4 is 22.9 Å². The molecule has 0 radical (unpaired) electrons. The van der Waals surface area contributed by atoms with Gasteiger partial charge < -0.3 is 20.9 Å². The summed E-state index contributed by atoms with van der Waals surface area (Å²) in [5, 5.41) is 14.4. The van der Waals surface area contributed by atoms with Crippen LogP contribution in [0.2, 0.25) is 0 Å². The molecule has 0 aliphatic carbocycles. The number of aliphatic hydroxyl groups is 1. The fraction of sp³-hybridized carbons (Fsp3) is 0.214. The Kier molecular flexibility index (Phi) is 4.60. The third-order valence-electron chi connectivity index (χ3n) is 2.81. The number of rotatable bonds is 5. The third kappa shape index (κ3) is 3.49. The first-order valence-corrected chi connectivity index (χ1v) is 6.92. The molecule has 4 N–H and O–H groups in total. The maximum atomic E-state index is 11.9. The number of methoxy groups -OCH3 is 1. The number of carbonyl (C=O) groups is 1. The maximum absolute atomic E-state index is 11.9. The summed E-state index contributed by atoms with van der Waals surface area (Å²) in [7, 11) is 1.55. The van der Waals surface area contributed by atoms with E-state index in [1.165, 1.54) is 11.3 Å². The van der Waals surface area contributed by atoms with E-state index < -0.39 is 6.10 Å². The molecule has 1 amide bonds. The van der Waals surface area contributed by atoms with Gasteiger partial charge in [0.05, 0.1) is 18.1 Å². The van der Waals surface area contributed by atoms with Crippen LogP contribution in [0.25, 0.3) is 0 Å². The second-order valence-electron chi connectivity index (χ2n) is 4.24. The van der Waals surface area contributed by atoms with Crippen molar-refractivity contribution in [2.24, 2.45) is 0 Å². The number of carbonyl (C=O) groups excluding carboxylic acids is 1. The van der Waals surface area contributed by atoms with Gasteiger partial charge in [-0.15, -0.1) is 11.3 Å². The van der Waals surface area contributed by atoms with E-state index >= 15 is 0 Å². The second-order valence-corrected chi connectivity index (χ2v) is 5.15. The van der Waals surface area contributed by atoms with Crippen molar-refractivity contribution in [3.8, 4) is 5.75 Å². The zero-order chi connectivity index (χ0) is 14.5. The first kappa shape index (κ1) is 14.4. The molecular formula is C14H16N2O3S. The van der Waals surface area contributed by atoms with Gasteiger partial charge in [-0.1, -0.05) is 12.1 Å². The molecule has 6 heteroatoms. The first-order chi connectivity index (χ1) is 9.60. The van der Waals surface area contributed by atoms with Gasteiger partial charge in [-0.05, 0) is 17.7 Å². The van der Waals surface area contributed by atoms with E-state index in [1.807, 2.05) is 0 Å². The van der Waals surface area contributed by atoms with Crippen molar-refractivity contribution in [3.05, 3.63) is 46.2 Å². The van der Waals surface area contributed by atoms with E-state index in [1.54, 1.807) is 42.8 Å². The van der Waals surface area contributed by atoms with E-state index in [2.05, 4.69) is 5.32 Å². The van der Waals surface area contributed by atoms with Gasteiger partial charge >= 0.3 is 0 Å². The van der Waals surface area contributed by atoms with Gasteiger partial charge in [0.1, 0.15) is 5.75 Å². The molecule has 5 nitrogen and oxygen atoms in total. The predicted octanol–water partition coefficient (Wildman–Crippen LogP) is 1.80. The van der Waals surface area contributed by atoms with Crippen LogP contribution in [0.1, 0.15) is 21.3 Å². The number of benzene rings is 1. The smallest absolute Gasteiger partial charge is 0.261 e. The number of aliphatic hydroxyl groups excluding tert-OH is 1. The zero-order valence-corrected chi connectivity index (χ0v) is 11.8. The van der Waals surface area contributed by atoms with E-state index in [4.69, 9.17) is 10.5 Å². The standard InChI is InChI=1S/C14H16N2O3S/c1-19-11-6-13(20-8-11)14(18)16-7-12(17)9-2-4-10(15)5-3-9/h2-6,8,12,17H,7,15H2,1H3,(H,16,18). The number of nitrogens with two attached hydrogens (primary N) is 1. The number of thiophene rings is 1. The molecule has 1 aromatic carbocycles. The maximum Gasteiger partial charge on any atom is 0.261 e. The van der Waals surface area contributed by atoms with Gasteiger partial charge in [0.25, 0.3) is 5.91 Å². The highest BCUT2D eigenvalue weighted by molar-refractivity contribution is 7.12. The lowest BCUT2D eigenvalue weighted by molar-refractivity contribution is 0.0920. The number of hydrogen-bond donors (Lipinski definition) is 3. The van der Waals surface area contributed by atoms with Gasteiger partial charge in [0, 0.05) is 23.7 Å². The minimum Gasteiger partial charge on any atom is -0.496 e. The minimum absolute atomic E-state index is 0.142. The molecule has 0 bridgehead atoms. The zero-order valence-electron chi connectivity index (χ0n) is 11.0. The average molecular weight is 292 g/mol. The van der Waals surface area contributed by atoms with Crippen LogP contribution in [0.15, 0.2) is 35.7 Å². The molecule has 1 aromatic heterocycles. The van der Waals surface area contributed by atoms with Gasteiger partial charge in [-0.3, -0.25) is 4.79 Å². The summed E-state index contributed by atoms with van der Waals surface area (Å²) in [4.78, 5) is 12.4. The molecule has 0 fully saturated rings. The molecule has 20 heavy (non-hydrogen) atoms. The molecule has 0 saturated heterocycles. The Morgan fingerprint density at radius 3 is 2.75 bits per heavy atom. The molecule has 106 valence electrons. The molecule has 1 atom stereocenters. The number of anilines is 1. The minimum atomic E-state index is -0.763. The van der Waals surface area contributed by atoms with E-state index in [0.717, 1.165) is 0 Å². The molecule has 0 aliphatic rings. The number of nitrogens with one attached hydrogen (secondary N) is 1. The molecule has 0 spiro atoms. The number of ether oxygens (including phenoxy) is 1.